The zero-order chi connectivity index (χ0) is 27.8. The first-order valence-corrected chi connectivity index (χ1v) is 13.3. The van der Waals surface area contributed by atoms with Crippen LogP contribution in [-0.2, 0) is 34.9 Å². The monoisotopic (exact) mass is 536 g/mol. The predicted molar refractivity (Wildman–Crippen MR) is 139 cm³/mol. The second kappa shape index (κ2) is 10.5. The fraction of sp³-hybridized carbons (Fsp3) is 0.481. The first-order valence-electron chi connectivity index (χ1n) is 13.3. The largest absolute Gasteiger partial charge is 0.600 e. The van der Waals surface area contributed by atoms with Crippen LogP contribution in [0.4, 0.5) is 0 Å². The molecule has 1 aromatic carbocycles. The summed E-state index contributed by atoms with van der Waals surface area (Å²) >= 11 is 0. The Balaban J connectivity index is 1.46. The topological polar surface area (TPSA) is 134 Å². The number of aromatic nitrogens is 2. The van der Waals surface area contributed by atoms with E-state index in [0.717, 1.165) is 5.56 Å². The fourth-order valence-corrected chi connectivity index (χ4v) is 6.46. The number of quaternary nitrogens is 1. The summed E-state index contributed by atoms with van der Waals surface area (Å²) in [6, 6.07) is 7.09. The van der Waals surface area contributed by atoms with Crippen molar-refractivity contribution < 1.29 is 37.6 Å². The maximum absolute atomic E-state index is 14.0. The van der Waals surface area contributed by atoms with Gasteiger partial charge in [-0.25, -0.2) is 14.6 Å². The molecule has 1 amide bonds. The van der Waals surface area contributed by atoms with Crippen LogP contribution in [0.1, 0.15) is 42.7 Å². The molecule has 0 aliphatic carbocycles. The standard InChI is InChI=1S/C27H33BN4O7/c1-17(2)11-19(28-32(3)22(26(35)38-28)15-37-16-23(32)27(36)39-28)13-24(33)20(12-18-7-5-4-6-8-18)31-25(34)21-14-29-9-10-30-21/h4-10,14,17,19-20,22-23H,11-13,15-16H2,1-3H3,(H,31,34)/t19-,20+,22+,23+,28?,32?/m1/s1. The summed E-state index contributed by atoms with van der Waals surface area (Å²) in [5.74, 6) is -2.19. The summed E-state index contributed by atoms with van der Waals surface area (Å²) in [5, 5.41) is 2.83. The van der Waals surface area contributed by atoms with Crippen LogP contribution in [0.5, 0.6) is 0 Å². The van der Waals surface area contributed by atoms with Crippen molar-refractivity contribution in [1.29, 1.82) is 0 Å². The van der Waals surface area contributed by atoms with Crippen LogP contribution in [0.15, 0.2) is 48.9 Å². The van der Waals surface area contributed by atoms with Gasteiger partial charge in [0, 0.05) is 19.4 Å². The third-order valence-corrected chi connectivity index (χ3v) is 8.39. The molecule has 5 rings (SSSR count). The Bertz CT molecular complexity index is 1230. The van der Waals surface area contributed by atoms with Crippen molar-refractivity contribution in [1.82, 2.24) is 15.3 Å². The molecule has 0 unspecified atom stereocenters. The number of carbonyl (C=O) groups excluding carboxylic acids is 4. The van der Waals surface area contributed by atoms with Gasteiger partial charge >= 0.3 is 18.6 Å². The van der Waals surface area contributed by atoms with Gasteiger partial charge in [0.1, 0.15) is 18.9 Å². The maximum Gasteiger partial charge on any atom is 0.587 e. The predicted octanol–water partition coefficient (Wildman–Crippen LogP) is 1.46. The van der Waals surface area contributed by atoms with Crippen molar-refractivity contribution >= 4 is 30.3 Å². The molecular weight excluding hydrogens is 503 g/mol. The van der Waals surface area contributed by atoms with Crippen molar-refractivity contribution in [3.63, 3.8) is 0 Å². The minimum atomic E-state index is -2.54. The number of rotatable bonds is 10. The number of likely N-dealkylation sites (N-methyl/N-ethyl adjacent to an activating group) is 1. The highest BCUT2D eigenvalue weighted by molar-refractivity contribution is 6.68. The van der Waals surface area contributed by atoms with E-state index in [4.69, 9.17) is 14.0 Å². The zero-order valence-electron chi connectivity index (χ0n) is 22.3. The third kappa shape index (κ3) is 4.72. The van der Waals surface area contributed by atoms with Crippen LogP contribution in [0.3, 0.4) is 0 Å². The number of ether oxygens (including phenoxy) is 1. The summed E-state index contributed by atoms with van der Waals surface area (Å²) in [7, 11) is 1.81. The molecule has 3 fully saturated rings. The molecule has 3 aliphatic rings. The number of ketones is 1. The highest BCUT2D eigenvalue weighted by atomic mass is 16.7. The molecular formula is C27H33BN4O7. The molecule has 4 atom stereocenters. The summed E-state index contributed by atoms with van der Waals surface area (Å²) in [4.78, 5) is 61.0. The summed E-state index contributed by atoms with van der Waals surface area (Å²) < 4.78 is 17.5. The molecule has 206 valence electrons. The maximum atomic E-state index is 14.0. The molecule has 1 N–H and O–H groups in total. The van der Waals surface area contributed by atoms with Crippen molar-refractivity contribution in [3.8, 4) is 0 Å². The van der Waals surface area contributed by atoms with Gasteiger partial charge in [-0.15, -0.1) is 0 Å². The lowest BCUT2D eigenvalue weighted by Crippen LogP contribution is -2.72. The molecule has 0 saturated carbocycles. The minimum absolute atomic E-state index is 0.0301. The lowest BCUT2D eigenvalue weighted by molar-refractivity contribution is -0.854. The van der Waals surface area contributed by atoms with Crippen molar-refractivity contribution in [3.05, 3.63) is 60.2 Å². The Morgan fingerprint density at radius 1 is 1.08 bits per heavy atom. The summed E-state index contributed by atoms with van der Waals surface area (Å²) in [5.41, 5.74) is 0.961. The second-order valence-corrected chi connectivity index (χ2v) is 11.3. The van der Waals surface area contributed by atoms with E-state index in [9.17, 15) is 19.2 Å². The highest BCUT2D eigenvalue weighted by Gasteiger charge is 2.77. The van der Waals surface area contributed by atoms with Gasteiger partial charge in [-0.2, -0.15) is 0 Å². The molecule has 3 aliphatic heterocycles. The van der Waals surface area contributed by atoms with Crippen LogP contribution in [-0.4, -0.2) is 83.1 Å². The van der Waals surface area contributed by atoms with E-state index < -0.39 is 48.5 Å². The van der Waals surface area contributed by atoms with E-state index in [0.29, 0.717) is 6.42 Å². The van der Waals surface area contributed by atoms with Gasteiger partial charge in [0.05, 0.1) is 12.2 Å². The Hall–Kier alpha value is -3.64. The van der Waals surface area contributed by atoms with Crippen molar-refractivity contribution in [2.24, 2.45) is 5.92 Å². The Labute approximate surface area is 226 Å². The van der Waals surface area contributed by atoms with Crippen molar-refractivity contribution in [2.45, 2.75) is 57.1 Å². The average molecular weight is 536 g/mol. The number of nitrogens with one attached hydrogen (secondary N) is 1. The van der Waals surface area contributed by atoms with Gasteiger partial charge in [-0.05, 0) is 30.1 Å². The molecule has 11 nitrogen and oxygen atoms in total. The van der Waals surface area contributed by atoms with Gasteiger partial charge in [0.2, 0.25) is 0 Å². The molecule has 2 aromatic rings. The van der Waals surface area contributed by atoms with Gasteiger partial charge < -0.3 is 23.8 Å². The first-order chi connectivity index (χ1) is 18.7. The van der Waals surface area contributed by atoms with Gasteiger partial charge in [-0.1, -0.05) is 50.6 Å². The van der Waals surface area contributed by atoms with Crippen LogP contribution in [0.2, 0.25) is 5.82 Å². The Kier molecular flexibility index (Phi) is 7.26. The van der Waals surface area contributed by atoms with E-state index >= 15 is 0 Å². The highest BCUT2D eigenvalue weighted by Crippen LogP contribution is 2.52. The van der Waals surface area contributed by atoms with Crippen LogP contribution < -0.4 is 5.32 Å². The molecule has 4 heterocycles. The number of amides is 1. The third-order valence-electron chi connectivity index (χ3n) is 8.39. The lowest BCUT2D eigenvalue weighted by atomic mass is 9.51. The Morgan fingerprint density at radius 2 is 1.74 bits per heavy atom. The summed E-state index contributed by atoms with van der Waals surface area (Å²) in [6.07, 6.45) is 4.89. The molecule has 3 saturated heterocycles. The number of benzene rings is 1. The van der Waals surface area contributed by atoms with Gasteiger partial charge in [-0.3, -0.25) is 14.6 Å². The smallest absolute Gasteiger partial charge is 0.587 e. The van der Waals surface area contributed by atoms with Crippen LogP contribution in [0.25, 0.3) is 0 Å². The van der Waals surface area contributed by atoms with E-state index in [1.54, 1.807) is 0 Å². The van der Waals surface area contributed by atoms with Gasteiger partial charge in [0.15, 0.2) is 17.9 Å². The van der Waals surface area contributed by atoms with Crippen LogP contribution in [0, 0.1) is 5.92 Å². The number of carbonyl (C=O) groups is 4. The average Bonchev–Trinajstić information content (AvgIpc) is 3.28. The van der Waals surface area contributed by atoms with Gasteiger partial charge in [0.25, 0.3) is 5.91 Å². The lowest BCUT2D eigenvalue weighted by Gasteiger charge is -2.51. The SMILES string of the molecule is CC(C)C[C@H](CC(=O)[C@H](Cc1ccccc1)NC(=O)c1cnccn1)[B-]12OC(=O)[C@@H]3COC[C@@H](C(=O)O1)[N+]32C. The first kappa shape index (κ1) is 27.0. The number of nitrogens with zero attached hydrogens (tertiary/aromatic N) is 3. The number of hydrogen-bond acceptors (Lipinski definition) is 9. The normalized spacial score (nSPS) is 28.8. The molecule has 1 aromatic heterocycles. The summed E-state index contributed by atoms with van der Waals surface area (Å²) in [6.45, 7) is 1.72. The van der Waals surface area contributed by atoms with E-state index in [-0.39, 0.29) is 47.8 Å². The van der Waals surface area contributed by atoms with E-state index in [2.05, 4.69) is 15.3 Å². The number of morpholine rings is 1. The zero-order valence-corrected chi connectivity index (χ0v) is 22.3. The number of Topliss-reactive ketones (excluding diaryl/α,β-unsaturated/α-hetero) is 1. The van der Waals surface area contributed by atoms with Crippen molar-refractivity contribution in [2.75, 3.05) is 20.3 Å². The quantitative estimate of drug-likeness (QED) is 0.448. The fourth-order valence-electron chi connectivity index (χ4n) is 6.46. The second-order valence-electron chi connectivity index (χ2n) is 11.3. The molecule has 12 heteroatoms. The van der Waals surface area contributed by atoms with Crippen LogP contribution >= 0.6 is 0 Å². The van der Waals surface area contributed by atoms with E-state index in [1.807, 2.05) is 51.2 Å². The number of hydrogen-bond donors (Lipinski definition) is 1. The minimum Gasteiger partial charge on any atom is -0.600 e. The molecule has 0 bridgehead atoms. The Morgan fingerprint density at radius 3 is 2.33 bits per heavy atom. The van der Waals surface area contributed by atoms with E-state index in [1.165, 1.54) is 18.6 Å². The molecule has 39 heavy (non-hydrogen) atoms. The molecule has 0 radical (unpaired) electrons. The molecule has 0 spiro atoms.